The van der Waals surface area contributed by atoms with Crippen LogP contribution in [0.2, 0.25) is 0 Å². The molecule has 2 heterocycles. The minimum Gasteiger partial charge on any atom is -0.375 e. The lowest BCUT2D eigenvalue weighted by Crippen LogP contribution is -2.45. The van der Waals surface area contributed by atoms with Gasteiger partial charge in [0.05, 0.1) is 24.1 Å². The van der Waals surface area contributed by atoms with Crippen LogP contribution in [0.4, 0.5) is 0 Å². The number of morpholine rings is 1. The smallest absolute Gasteiger partial charge is 0.246 e. The Morgan fingerprint density at radius 2 is 2.22 bits per heavy atom. The number of aromatic amines is 1. The third-order valence-corrected chi connectivity index (χ3v) is 5.34. The molecular weight excluding hydrogens is 254 g/mol. The van der Waals surface area contributed by atoms with Crippen molar-refractivity contribution in [3.63, 3.8) is 0 Å². The molecule has 0 saturated carbocycles. The van der Waals surface area contributed by atoms with Crippen LogP contribution < -0.4 is 0 Å². The van der Waals surface area contributed by atoms with Crippen molar-refractivity contribution in [3.05, 3.63) is 11.4 Å². The van der Waals surface area contributed by atoms with E-state index in [1.807, 2.05) is 6.92 Å². The standard InChI is InChI=1S/C11H19N3O3S/c1-4-10-7-14(5-6-17-10)18(15,16)11-8(2)12-13-9(11)3/h10H,4-7H2,1-3H3,(H,12,13). The Hall–Kier alpha value is -0.920. The van der Waals surface area contributed by atoms with E-state index in [9.17, 15) is 8.42 Å². The Labute approximate surface area is 107 Å². The summed E-state index contributed by atoms with van der Waals surface area (Å²) in [6.07, 6.45) is 0.802. The van der Waals surface area contributed by atoms with Crippen LogP contribution in [0, 0.1) is 13.8 Å². The summed E-state index contributed by atoms with van der Waals surface area (Å²) in [5.41, 5.74) is 1.11. The van der Waals surface area contributed by atoms with Crippen molar-refractivity contribution in [2.45, 2.75) is 38.2 Å². The Bertz CT molecular complexity index is 504. The summed E-state index contributed by atoms with van der Waals surface area (Å²) < 4.78 is 32.1. The molecule has 1 aromatic rings. The highest BCUT2D eigenvalue weighted by molar-refractivity contribution is 7.89. The molecule has 0 amide bonds. The Balaban J connectivity index is 2.31. The summed E-state index contributed by atoms with van der Waals surface area (Å²) in [4.78, 5) is 0.305. The Morgan fingerprint density at radius 3 is 2.78 bits per heavy atom. The predicted molar refractivity (Wildman–Crippen MR) is 66.9 cm³/mol. The van der Waals surface area contributed by atoms with Gasteiger partial charge < -0.3 is 4.74 Å². The second-order valence-corrected chi connectivity index (χ2v) is 6.40. The summed E-state index contributed by atoms with van der Waals surface area (Å²) in [6, 6.07) is 0. The summed E-state index contributed by atoms with van der Waals surface area (Å²) >= 11 is 0. The highest BCUT2D eigenvalue weighted by atomic mass is 32.2. The first kappa shape index (κ1) is 13.5. The molecule has 2 rings (SSSR count). The van der Waals surface area contributed by atoms with Crippen LogP contribution >= 0.6 is 0 Å². The average molecular weight is 273 g/mol. The molecule has 1 aliphatic heterocycles. The zero-order chi connectivity index (χ0) is 13.3. The normalized spacial score (nSPS) is 22.3. The van der Waals surface area contributed by atoms with E-state index in [-0.39, 0.29) is 6.10 Å². The van der Waals surface area contributed by atoms with Gasteiger partial charge in [0.25, 0.3) is 0 Å². The van der Waals surface area contributed by atoms with Crippen molar-refractivity contribution >= 4 is 10.0 Å². The number of rotatable bonds is 3. The van der Waals surface area contributed by atoms with Crippen LogP contribution in [-0.4, -0.2) is 48.7 Å². The fourth-order valence-electron chi connectivity index (χ4n) is 2.21. The number of sulfonamides is 1. The lowest BCUT2D eigenvalue weighted by atomic mass is 10.2. The number of nitrogens with zero attached hydrogens (tertiary/aromatic N) is 2. The zero-order valence-electron chi connectivity index (χ0n) is 10.9. The zero-order valence-corrected chi connectivity index (χ0v) is 11.7. The molecule has 6 nitrogen and oxygen atoms in total. The number of H-pyrrole nitrogens is 1. The Kier molecular flexibility index (Phi) is 3.74. The van der Waals surface area contributed by atoms with E-state index in [0.29, 0.717) is 36.0 Å². The van der Waals surface area contributed by atoms with Gasteiger partial charge in [-0.05, 0) is 20.3 Å². The van der Waals surface area contributed by atoms with E-state index in [4.69, 9.17) is 4.74 Å². The highest BCUT2D eigenvalue weighted by Gasteiger charge is 2.33. The lowest BCUT2D eigenvalue weighted by molar-refractivity contribution is -0.00279. The molecule has 0 radical (unpaired) electrons. The molecule has 0 aliphatic carbocycles. The van der Waals surface area contributed by atoms with E-state index in [2.05, 4.69) is 10.2 Å². The van der Waals surface area contributed by atoms with E-state index in [1.165, 1.54) is 4.31 Å². The maximum Gasteiger partial charge on any atom is 0.246 e. The molecule has 0 bridgehead atoms. The first-order chi connectivity index (χ1) is 8.46. The minimum atomic E-state index is -3.46. The van der Waals surface area contributed by atoms with Crippen LogP contribution in [0.1, 0.15) is 24.7 Å². The van der Waals surface area contributed by atoms with Gasteiger partial charge in [0, 0.05) is 13.1 Å². The molecule has 1 atom stereocenters. The van der Waals surface area contributed by atoms with Gasteiger partial charge in [-0.2, -0.15) is 9.40 Å². The maximum atomic E-state index is 12.6. The van der Waals surface area contributed by atoms with Crippen LogP contribution in [0.5, 0.6) is 0 Å². The van der Waals surface area contributed by atoms with Gasteiger partial charge in [0.15, 0.2) is 0 Å². The summed E-state index contributed by atoms with van der Waals surface area (Å²) in [6.45, 7) is 6.70. The first-order valence-electron chi connectivity index (χ1n) is 6.10. The van der Waals surface area contributed by atoms with Crippen molar-refractivity contribution in [2.75, 3.05) is 19.7 Å². The molecule has 1 N–H and O–H groups in total. The third kappa shape index (κ3) is 2.30. The summed E-state index contributed by atoms with van der Waals surface area (Å²) in [5.74, 6) is 0. The van der Waals surface area contributed by atoms with Crippen LogP contribution in [0.25, 0.3) is 0 Å². The molecular formula is C11H19N3O3S. The first-order valence-corrected chi connectivity index (χ1v) is 7.54. The number of ether oxygens (including phenoxy) is 1. The molecule has 1 unspecified atom stereocenters. The van der Waals surface area contributed by atoms with E-state index in [0.717, 1.165) is 6.42 Å². The highest BCUT2D eigenvalue weighted by Crippen LogP contribution is 2.23. The number of hydrogen-bond donors (Lipinski definition) is 1. The molecule has 0 spiro atoms. The molecule has 0 aromatic carbocycles. The monoisotopic (exact) mass is 273 g/mol. The Morgan fingerprint density at radius 1 is 1.50 bits per heavy atom. The third-order valence-electron chi connectivity index (χ3n) is 3.22. The van der Waals surface area contributed by atoms with Crippen molar-refractivity contribution in [3.8, 4) is 0 Å². The largest absolute Gasteiger partial charge is 0.375 e. The van der Waals surface area contributed by atoms with Crippen LogP contribution in [-0.2, 0) is 14.8 Å². The van der Waals surface area contributed by atoms with Crippen molar-refractivity contribution in [2.24, 2.45) is 0 Å². The molecule has 18 heavy (non-hydrogen) atoms. The van der Waals surface area contributed by atoms with Gasteiger partial charge in [0.2, 0.25) is 10.0 Å². The molecule has 102 valence electrons. The topological polar surface area (TPSA) is 75.3 Å². The number of hydrogen-bond acceptors (Lipinski definition) is 4. The summed E-state index contributed by atoms with van der Waals surface area (Å²) in [5, 5.41) is 6.67. The van der Waals surface area contributed by atoms with Gasteiger partial charge in [-0.25, -0.2) is 8.42 Å². The fourth-order valence-corrected chi connectivity index (χ4v) is 3.99. The van der Waals surface area contributed by atoms with Gasteiger partial charge in [-0.1, -0.05) is 6.92 Å². The molecule has 1 saturated heterocycles. The second-order valence-electron chi connectivity index (χ2n) is 4.53. The number of aromatic nitrogens is 2. The predicted octanol–water partition coefficient (Wildman–Crippen LogP) is 0.826. The van der Waals surface area contributed by atoms with E-state index in [1.54, 1.807) is 13.8 Å². The number of nitrogens with one attached hydrogen (secondary N) is 1. The quantitative estimate of drug-likeness (QED) is 0.885. The average Bonchev–Trinajstić information content (AvgIpc) is 2.69. The number of aryl methyl sites for hydroxylation is 2. The van der Waals surface area contributed by atoms with Gasteiger partial charge in [-0.3, -0.25) is 5.10 Å². The maximum absolute atomic E-state index is 12.6. The van der Waals surface area contributed by atoms with Crippen molar-refractivity contribution in [1.82, 2.24) is 14.5 Å². The second kappa shape index (κ2) is 4.99. The molecule has 1 aliphatic rings. The van der Waals surface area contributed by atoms with Crippen molar-refractivity contribution < 1.29 is 13.2 Å². The summed E-state index contributed by atoms with van der Waals surface area (Å²) in [7, 11) is -3.46. The van der Waals surface area contributed by atoms with Gasteiger partial charge >= 0.3 is 0 Å². The fraction of sp³-hybridized carbons (Fsp3) is 0.727. The van der Waals surface area contributed by atoms with Crippen LogP contribution in [0.15, 0.2) is 4.90 Å². The van der Waals surface area contributed by atoms with Gasteiger partial charge in [-0.15, -0.1) is 0 Å². The van der Waals surface area contributed by atoms with E-state index < -0.39 is 10.0 Å². The van der Waals surface area contributed by atoms with Gasteiger partial charge in [0.1, 0.15) is 4.90 Å². The SMILES string of the molecule is CCC1CN(S(=O)(=O)c2c(C)n[nH]c2C)CCO1. The molecule has 7 heteroatoms. The molecule has 1 aromatic heterocycles. The molecule has 1 fully saturated rings. The van der Waals surface area contributed by atoms with Crippen molar-refractivity contribution in [1.29, 1.82) is 0 Å². The van der Waals surface area contributed by atoms with Crippen LogP contribution in [0.3, 0.4) is 0 Å². The lowest BCUT2D eigenvalue weighted by Gasteiger charge is -2.31. The minimum absolute atomic E-state index is 0.0129. The van der Waals surface area contributed by atoms with E-state index >= 15 is 0 Å².